The van der Waals surface area contributed by atoms with Crippen LogP contribution in [0.1, 0.15) is 0 Å². The first-order valence-corrected chi connectivity index (χ1v) is 18.8. The fourth-order valence-corrected chi connectivity index (χ4v) is 9.85. The first-order chi connectivity index (χ1) is 26.4. The van der Waals surface area contributed by atoms with E-state index in [0.29, 0.717) is 0 Å². The zero-order valence-corrected chi connectivity index (χ0v) is 30.6. The topological polar surface area (TPSA) is 16.3 Å². The predicted molar refractivity (Wildman–Crippen MR) is 230 cm³/mol. The van der Waals surface area contributed by atoms with E-state index >= 15 is 0 Å². The minimum atomic E-state index is 1.23. The second kappa shape index (κ2) is 10.4. The van der Waals surface area contributed by atoms with Crippen molar-refractivity contribution in [1.82, 2.24) is 9.13 Å². The van der Waals surface area contributed by atoms with Crippen molar-refractivity contribution >= 4 is 77.1 Å². The summed E-state index contributed by atoms with van der Waals surface area (Å²) in [6, 6.07) is 54.6. The van der Waals surface area contributed by atoms with Crippen LogP contribution in [0.25, 0.3) is 98.9 Å². The average Bonchev–Trinajstić information content (AvgIpc) is 3.68. The van der Waals surface area contributed by atoms with Crippen LogP contribution in [0.2, 0.25) is 0 Å². The molecule has 0 unspecified atom stereocenters. The number of rotatable bonds is 2. The summed E-state index contributed by atoms with van der Waals surface area (Å²) in [6.45, 7) is 0. The van der Waals surface area contributed by atoms with Gasteiger partial charge in [-0.1, -0.05) is 84.9 Å². The molecule has 0 fully saturated rings. The van der Waals surface area contributed by atoms with E-state index in [4.69, 9.17) is 0 Å². The number of aryl methyl sites for hydroxylation is 2. The Kier molecular flexibility index (Phi) is 5.74. The third kappa shape index (κ3) is 3.77. The summed E-state index contributed by atoms with van der Waals surface area (Å²) in [5, 5.41) is 7.84. The quantitative estimate of drug-likeness (QED) is 0.179. The average molecular weight is 693 g/mol. The van der Waals surface area contributed by atoms with Crippen LogP contribution in [0.3, 0.4) is 0 Å². The van der Waals surface area contributed by atoms with Crippen molar-refractivity contribution in [1.29, 1.82) is 0 Å². The van der Waals surface area contributed by atoms with E-state index in [-0.39, 0.29) is 0 Å². The monoisotopic (exact) mass is 692 g/mol. The highest BCUT2D eigenvalue weighted by Gasteiger charge is 2.30. The molecule has 0 N–H and O–H groups in total. The third-order valence-electron chi connectivity index (χ3n) is 12.6. The van der Waals surface area contributed by atoms with Crippen LogP contribution in [-0.2, 0) is 14.1 Å². The summed E-state index contributed by atoms with van der Waals surface area (Å²) in [7, 11) is 8.77. The molecule has 2 aliphatic rings. The second-order valence-corrected chi connectivity index (χ2v) is 15.2. The predicted octanol–water partition coefficient (Wildman–Crippen LogP) is 13.0. The molecule has 2 aromatic heterocycles. The first kappa shape index (κ1) is 29.8. The fourth-order valence-electron chi connectivity index (χ4n) is 9.85. The Balaban J connectivity index is 0.976. The van der Waals surface area contributed by atoms with Gasteiger partial charge in [0.15, 0.2) is 0 Å². The Labute approximate surface area is 313 Å². The maximum absolute atomic E-state index is 2.40. The summed E-state index contributed by atoms with van der Waals surface area (Å²) in [4.78, 5) is 4.79. The van der Waals surface area contributed by atoms with E-state index in [2.05, 4.69) is 193 Å². The lowest BCUT2D eigenvalue weighted by Gasteiger charge is -2.36. The molecule has 4 nitrogen and oxygen atoms in total. The fraction of sp³-hybridized carbons (Fsp3) is 0.0800. The Morgan fingerprint density at radius 3 is 1.13 bits per heavy atom. The summed E-state index contributed by atoms with van der Waals surface area (Å²) in [6.07, 6.45) is 0. The molecule has 0 bridgehead atoms. The first-order valence-electron chi connectivity index (χ1n) is 18.8. The summed E-state index contributed by atoms with van der Waals surface area (Å²) >= 11 is 0. The van der Waals surface area contributed by atoms with Gasteiger partial charge in [0.1, 0.15) is 0 Å². The normalized spacial score (nSPS) is 13.1. The molecule has 4 heteroatoms. The van der Waals surface area contributed by atoms with Crippen LogP contribution < -0.4 is 9.80 Å². The van der Waals surface area contributed by atoms with Crippen molar-refractivity contribution in [2.45, 2.75) is 0 Å². The molecule has 0 saturated heterocycles. The smallest absolute Gasteiger partial charge is 0.0496 e. The molecule has 4 heterocycles. The van der Waals surface area contributed by atoms with Crippen molar-refractivity contribution in [2.24, 2.45) is 14.1 Å². The van der Waals surface area contributed by atoms with Crippen molar-refractivity contribution in [3.8, 4) is 44.5 Å². The number of fused-ring (bicyclic) bond motifs is 10. The number of hydrogen-bond donors (Lipinski definition) is 0. The van der Waals surface area contributed by atoms with E-state index in [1.165, 1.54) is 122 Å². The van der Waals surface area contributed by atoms with E-state index in [1.54, 1.807) is 0 Å². The van der Waals surface area contributed by atoms with Gasteiger partial charge in [0.25, 0.3) is 0 Å². The van der Waals surface area contributed by atoms with Crippen molar-refractivity contribution in [3.63, 3.8) is 0 Å². The molecule has 256 valence electrons. The van der Waals surface area contributed by atoms with Gasteiger partial charge in [-0.2, -0.15) is 0 Å². The Morgan fingerprint density at radius 2 is 0.667 bits per heavy atom. The van der Waals surface area contributed by atoms with Crippen molar-refractivity contribution in [2.75, 3.05) is 23.9 Å². The lowest BCUT2D eigenvalue weighted by molar-refractivity contribution is 1.01. The molecule has 0 atom stereocenters. The highest BCUT2D eigenvalue weighted by atomic mass is 15.1. The van der Waals surface area contributed by atoms with Gasteiger partial charge in [-0.15, -0.1) is 0 Å². The van der Waals surface area contributed by atoms with Crippen molar-refractivity contribution in [3.05, 3.63) is 146 Å². The van der Waals surface area contributed by atoms with Gasteiger partial charge in [0.05, 0.1) is 0 Å². The molecule has 8 aromatic carbocycles. The number of nitrogens with zero attached hydrogens (tertiary/aromatic N) is 4. The number of aromatic nitrogens is 2. The zero-order chi connectivity index (χ0) is 36.0. The Morgan fingerprint density at radius 1 is 0.296 bits per heavy atom. The summed E-state index contributed by atoms with van der Waals surface area (Å²) in [5.74, 6) is 0. The lowest BCUT2D eigenvalue weighted by Crippen LogP contribution is -2.19. The number of para-hydroxylation sites is 2. The largest absolute Gasteiger partial charge is 0.344 e. The van der Waals surface area contributed by atoms with E-state index in [0.717, 1.165) is 0 Å². The molecule has 0 saturated carbocycles. The summed E-state index contributed by atoms with van der Waals surface area (Å²) < 4.78 is 4.59. The molecule has 0 spiro atoms. The third-order valence-corrected chi connectivity index (χ3v) is 12.6. The molecule has 2 aliphatic heterocycles. The maximum atomic E-state index is 2.40. The van der Waals surface area contributed by atoms with Crippen molar-refractivity contribution < 1.29 is 0 Å². The van der Waals surface area contributed by atoms with E-state index < -0.39 is 0 Å². The SMILES string of the molecule is CN1c2cc(-c3ccc4c(c3)c3ccccc3n4C)ccc2-c2ccc3c4c(ccc1c24)N(C)c1cc(-c2ccc4c(c2)c2ccccc2n4C)ccc1-3. The standard InChI is InChI=1S/C50H36N4/c1-51-41-11-7-5-9-33(41)39-25-29(15-21-43(39)51)31-13-17-35-37-19-20-38-36-18-14-32(30-16-22-44-40(26-30)34-10-6-8-12-42(34)52(44)2)28-48(36)54(4)46-24-23-45(49(37)50(38)46)53(3)47(35)27-31/h5-28H,1-4H3. The van der Waals surface area contributed by atoms with Crippen LogP contribution >= 0.6 is 0 Å². The number of hydrogen-bond acceptors (Lipinski definition) is 2. The highest BCUT2D eigenvalue weighted by molar-refractivity contribution is 6.23. The van der Waals surface area contributed by atoms with Crippen LogP contribution in [0.5, 0.6) is 0 Å². The van der Waals surface area contributed by atoms with Gasteiger partial charge in [-0.25, -0.2) is 0 Å². The highest BCUT2D eigenvalue weighted by Crippen LogP contribution is 2.56. The van der Waals surface area contributed by atoms with E-state index in [9.17, 15) is 0 Å². The zero-order valence-electron chi connectivity index (χ0n) is 30.6. The van der Waals surface area contributed by atoms with Crippen LogP contribution in [0.15, 0.2) is 146 Å². The minimum absolute atomic E-state index is 1.23. The molecule has 0 amide bonds. The molecular weight excluding hydrogens is 657 g/mol. The lowest BCUT2D eigenvalue weighted by atomic mass is 9.83. The van der Waals surface area contributed by atoms with Gasteiger partial charge in [-0.3, -0.25) is 0 Å². The molecule has 10 aromatic rings. The molecule has 0 radical (unpaired) electrons. The maximum Gasteiger partial charge on any atom is 0.0496 e. The van der Waals surface area contributed by atoms with Gasteiger partial charge >= 0.3 is 0 Å². The molecule has 12 rings (SSSR count). The van der Waals surface area contributed by atoms with Gasteiger partial charge < -0.3 is 18.9 Å². The molecule has 0 aliphatic carbocycles. The minimum Gasteiger partial charge on any atom is -0.344 e. The van der Waals surface area contributed by atoms with Gasteiger partial charge in [0.2, 0.25) is 0 Å². The summed E-state index contributed by atoms with van der Waals surface area (Å²) in [5.41, 5.74) is 20.1. The Bertz CT molecular complexity index is 3070. The Hall–Kier alpha value is -6.78. The number of anilines is 4. The van der Waals surface area contributed by atoms with Crippen LogP contribution in [0.4, 0.5) is 22.7 Å². The van der Waals surface area contributed by atoms with Crippen LogP contribution in [-0.4, -0.2) is 23.2 Å². The van der Waals surface area contributed by atoms with Gasteiger partial charge in [-0.05, 0) is 94.0 Å². The molecule has 54 heavy (non-hydrogen) atoms. The van der Waals surface area contributed by atoms with E-state index in [1.807, 2.05) is 0 Å². The second-order valence-electron chi connectivity index (χ2n) is 15.2. The molecular formula is C50H36N4. The van der Waals surface area contributed by atoms with Gasteiger partial charge in [0, 0.05) is 116 Å². The number of benzene rings is 8. The van der Waals surface area contributed by atoms with Crippen LogP contribution in [0, 0.1) is 0 Å².